The molecule has 0 spiro atoms. The number of hydrogen-bond acceptors (Lipinski definition) is 3. The minimum atomic E-state index is -0.360. The van der Waals surface area contributed by atoms with Gasteiger partial charge in [0.2, 0.25) is 0 Å². The standard InChI is InChI=1S/C16H15NO3/c1-12(11-13-7-9-14(20-2)10-8-13)15-5-3-4-6-16(15)17(18)19/h3-11H,1-2H3/b12-11-. The number of ether oxygens (including phenoxy) is 1. The predicted octanol–water partition coefficient (Wildman–Crippen LogP) is 4.16. The molecule has 0 saturated carbocycles. The van der Waals surface area contributed by atoms with Gasteiger partial charge in [-0.3, -0.25) is 10.1 Å². The van der Waals surface area contributed by atoms with Crippen LogP contribution in [0.1, 0.15) is 18.1 Å². The molecule has 0 unspecified atom stereocenters. The third-order valence-electron chi connectivity index (χ3n) is 3.02. The third-order valence-corrected chi connectivity index (χ3v) is 3.02. The number of benzene rings is 2. The van der Waals surface area contributed by atoms with E-state index in [0.717, 1.165) is 16.9 Å². The quantitative estimate of drug-likeness (QED) is 0.475. The van der Waals surface area contributed by atoms with Crippen LogP contribution in [0.4, 0.5) is 5.69 Å². The highest BCUT2D eigenvalue weighted by atomic mass is 16.6. The van der Waals surface area contributed by atoms with E-state index in [2.05, 4.69) is 0 Å². The molecule has 0 aromatic heterocycles. The van der Waals surface area contributed by atoms with E-state index in [4.69, 9.17) is 4.74 Å². The van der Waals surface area contributed by atoms with Gasteiger partial charge in [0.25, 0.3) is 5.69 Å². The molecular formula is C16H15NO3. The van der Waals surface area contributed by atoms with Crippen molar-refractivity contribution in [1.29, 1.82) is 0 Å². The highest BCUT2D eigenvalue weighted by Crippen LogP contribution is 2.27. The summed E-state index contributed by atoms with van der Waals surface area (Å²) < 4.78 is 5.10. The molecule has 0 radical (unpaired) electrons. The van der Waals surface area contributed by atoms with Crippen LogP contribution in [0.5, 0.6) is 5.75 Å². The minimum absolute atomic E-state index is 0.120. The number of nitro groups is 1. The largest absolute Gasteiger partial charge is 0.497 e. The zero-order valence-corrected chi connectivity index (χ0v) is 11.4. The highest BCUT2D eigenvalue weighted by Gasteiger charge is 2.13. The van der Waals surface area contributed by atoms with Gasteiger partial charge in [0, 0.05) is 6.07 Å². The van der Waals surface area contributed by atoms with Crippen molar-refractivity contribution in [1.82, 2.24) is 0 Å². The molecule has 0 fully saturated rings. The highest BCUT2D eigenvalue weighted by molar-refractivity contribution is 5.83. The average molecular weight is 269 g/mol. The molecule has 0 aliphatic rings. The Balaban J connectivity index is 2.37. The van der Waals surface area contributed by atoms with E-state index in [1.54, 1.807) is 25.3 Å². The average Bonchev–Trinajstić information content (AvgIpc) is 2.48. The van der Waals surface area contributed by atoms with Crippen LogP contribution in [-0.2, 0) is 0 Å². The second-order valence-corrected chi connectivity index (χ2v) is 4.37. The lowest BCUT2D eigenvalue weighted by Gasteiger charge is -2.04. The number of para-hydroxylation sites is 1. The fourth-order valence-electron chi connectivity index (χ4n) is 1.99. The molecule has 102 valence electrons. The summed E-state index contributed by atoms with van der Waals surface area (Å²) in [5, 5.41) is 11.0. The lowest BCUT2D eigenvalue weighted by molar-refractivity contribution is -0.385. The number of hydrogen-bond donors (Lipinski definition) is 0. The van der Waals surface area contributed by atoms with E-state index in [0.29, 0.717) is 5.56 Å². The van der Waals surface area contributed by atoms with Crippen LogP contribution in [0.25, 0.3) is 11.6 Å². The summed E-state index contributed by atoms with van der Waals surface area (Å²) in [6, 6.07) is 14.3. The fourth-order valence-corrected chi connectivity index (χ4v) is 1.99. The van der Waals surface area contributed by atoms with Crippen molar-refractivity contribution in [3.63, 3.8) is 0 Å². The van der Waals surface area contributed by atoms with E-state index in [1.165, 1.54) is 6.07 Å². The maximum atomic E-state index is 11.0. The van der Waals surface area contributed by atoms with E-state index < -0.39 is 0 Å². The lowest BCUT2D eigenvalue weighted by atomic mass is 10.0. The van der Waals surface area contributed by atoms with E-state index in [1.807, 2.05) is 37.3 Å². The zero-order valence-electron chi connectivity index (χ0n) is 11.4. The van der Waals surface area contributed by atoms with Crippen molar-refractivity contribution in [2.45, 2.75) is 6.92 Å². The van der Waals surface area contributed by atoms with Crippen LogP contribution in [0.15, 0.2) is 48.5 Å². The Hall–Kier alpha value is -2.62. The molecular weight excluding hydrogens is 254 g/mol. The van der Waals surface area contributed by atoms with E-state index in [9.17, 15) is 10.1 Å². The lowest BCUT2D eigenvalue weighted by Crippen LogP contribution is -1.93. The van der Waals surface area contributed by atoms with Gasteiger partial charge in [0.05, 0.1) is 17.6 Å². The van der Waals surface area contributed by atoms with Crippen LogP contribution >= 0.6 is 0 Å². The fraction of sp³-hybridized carbons (Fsp3) is 0.125. The van der Waals surface area contributed by atoms with Gasteiger partial charge >= 0.3 is 0 Å². The second kappa shape index (κ2) is 6.02. The Labute approximate surface area is 117 Å². The monoisotopic (exact) mass is 269 g/mol. The van der Waals surface area contributed by atoms with Crippen molar-refractivity contribution in [3.05, 3.63) is 69.8 Å². The van der Waals surface area contributed by atoms with Gasteiger partial charge < -0.3 is 4.74 Å². The van der Waals surface area contributed by atoms with Crippen molar-refractivity contribution in [2.75, 3.05) is 7.11 Å². The van der Waals surface area contributed by atoms with Crippen LogP contribution in [-0.4, -0.2) is 12.0 Å². The Bertz CT molecular complexity index is 645. The molecule has 0 heterocycles. The maximum Gasteiger partial charge on any atom is 0.276 e. The molecule has 0 aliphatic heterocycles. The van der Waals surface area contributed by atoms with E-state index in [-0.39, 0.29) is 10.6 Å². The molecule has 4 heteroatoms. The van der Waals surface area contributed by atoms with Crippen LogP contribution in [0, 0.1) is 10.1 Å². The predicted molar refractivity (Wildman–Crippen MR) is 79.6 cm³/mol. The summed E-state index contributed by atoms with van der Waals surface area (Å²) in [4.78, 5) is 10.7. The maximum absolute atomic E-state index is 11.0. The number of nitro benzene ring substituents is 1. The van der Waals surface area contributed by atoms with Crippen molar-refractivity contribution < 1.29 is 9.66 Å². The molecule has 0 bridgehead atoms. The number of rotatable bonds is 4. The molecule has 0 N–H and O–H groups in total. The Morgan fingerprint density at radius 3 is 2.40 bits per heavy atom. The van der Waals surface area contributed by atoms with Gasteiger partial charge in [0.15, 0.2) is 0 Å². The molecule has 0 saturated heterocycles. The second-order valence-electron chi connectivity index (χ2n) is 4.37. The molecule has 2 aromatic carbocycles. The van der Waals surface area contributed by atoms with Gasteiger partial charge in [-0.2, -0.15) is 0 Å². The number of nitrogens with zero attached hydrogens (tertiary/aromatic N) is 1. The van der Waals surface area contributed by atoms with Crippen molar-refractivity contribution >= 4 is 17.3 Å². The van der Waals surface area contributed by atoms with E-state index >= 15 is 0 Å². The Morgan fingerprint density at radius 2 is 1.80 bits per heavy atom. The molecule has 2 aromatic rings. The summed E-state index contributed by atoms with van der Waals surface area (Å²) in [6.07, 6.45) is 1.92. The number of methoxy groups -OCH3 is 1. The molecule has 20 heavy (non-hydrogen) atoms. The first-order valence-corrected chi connectivity index (χ1v) is 6.18. The molecule has 0 aliphatic carbocycles. The van der Waals surface area contributed by atoms with Gasteiger partial charge in [0.1, 0.15) is 5.75 Å². The van der Waals surface area contributed by atoms with Gasteiger partial charge in [-0.25, -0.2) is 0 Å². The smallest absolute Gasteiger partial charge is 0.276 e. The topological polar surface area (TPSA) is 52.4 Å². The molecule has 2 rings (SSSR count). The normalized spacial score (nSPS) is 11.2. The summed E-state index contributed by atoms with van der Waals surface area (Å²) in [7, 11) is 1.61. The first-order chi connectivity index (χ1) is 9.61. The Kier molecular flexibility index (Phi) is 4.15. The minimum Gasteiger partial charge on any atom is -0.497 e. The number of allylic oxidation sites excluding steroid dienone is 1. The van der Waals surface area contributed by atoms with Gasteiger partial charge in [-0.05, 0) is 36.3 Å². The summed E-state index contributed by atoms with van der Waals surface area (Å²) in [6.45, 7) is 1.87. The first kappa shape index (κ1) is 13.8. The van der Waals surface area contributed by atoms with Gasteiger partial charge in [-0.15, -0.1) is 0 Å². The summed E-state index contributed by atoms with van der Waals surface area (Å²) >= 11 is 0. The first-order valence-electron chi connectivity index (χ1n) is 6.18. The summed E-state index contributed by atoms with van der Waals surface area (Å²) in [5.41, 5.74) is 2.58. The van der Waals surface area contributed by atoms with Crippen LogP contribution < -0.4 is 4.74 Å². The SMILES string of the molecule is COc1ccc(/C=C(/C)c2ccccc2[N+](=O)[O-])cc1. The zero-order chi connectivity index (χ0) is 14.5. The van der Waals surface area contributed by atoms with Crippen LogP contribution in [0.3, 0.4) is 0 Å². The van der Waals surface area contributed by atoms with Crippen LogP contribution in [0.2, 0.25) is 0 Å². The Morgan fingerprint density at radius 1 is 1.15 bits per heavy atom. The molecule has 4 nitrogen and oxygen atoms in total. The van der Waals surface area contributed by atoms with Gasteiger partial charge in [-0.1, -0.05) is 30.3 Å². The molecule has 0 atom stereocenters. The van der Waals surface area contributed by atoms with Crippen molar-refractivity contribution in [2.24, 2.45) is 0 Å². The molecule has 0 amide bonds. The van der Waals surface area contributed by atoms with Crippen molar-refractivity contribution in [3.8, 4) is 5.75 Å². The summed E-state index contributed by atoms with van der Waals surface area (Å²) in [5.74, 6) is 0.783. The third kappa shape index (κ3) is 3.03.